The number of nitrogens with zero attached hydrogens (tertiary/aromatic N) is 2. The molecule has 0 aromatic heterocycles. The van der Waals surface area contributed by atoms with Crippen LogP contribution >= 0.6 is 0 Å². The number of rotatable bonds is 4. The lowest BCUT2D eigenvalue weighted by molar-refractivity contribution is -0.138. The highest BCUT2D eigenvalue weighted by molar-refractivity contribution is 5.80. The Labute approximate surface area is 114 Å². The molecular weight excluding hydrogens is 248 g/mol. The molecule has 6 heteroatoms. The zero-order chi connectivity index (χ0) is 14.6. The smallest absolute Gasteiger partial charge is 0.323 e. The summed E-state index contributed by atoms with van der Waals surface area (Å²) in [5.74, 6) is -0.833. The predicted molar refractivity (Wildman–Crippen MR) is 70.9 cm³/mol. The normalized spacial score (nSPS) is 24.9. The van der Waals surface area contributed by atoms with Crippen molar-refractivity contribution < 1.29 is 19.8 Å². The molecule has 0 aromatic rings. The van der Waals surface area contributed by atoms with Crippen LogP contribution in [-0.2, 0) is 4.79 Å². The van der Waals surface area contributed by atoms with E-state index in [1.807, 2.05) is 20.8 Å². The van der Waals surface area contributed by atoms with Gasteiger partial charge >= 0.3 is 12.0 Å². The maximum Gasteiger partial charge on any atom is 0.323 e. The molecule has 1 saturated heterocycles. The van der Waals surface area contributed by atoms with Crippen molar-refractivity contribution in [3.05, 3.63) is 0 Å². The van der Waals surface area contributed by atoms with E-state index in [9.17, 15) is 14.7 Å². The van der Waals surface area contributed by atoms with Gasteiger partial charge in [0.2, 0.25) is 0 Å². The number of likely N-dealkylation sites (tertiary alicyclic amines) is 1. The van der Waals surface area contributed by atoms with Crippen LogP contribution in [0.1, 0.15) is 33.6 Å². The third-order valence-electron chi connectivity index (χ3n) is 3.86. The van der Waals surface area contributed by atoms with Gasteiger partial charge in [-0.1, -0.05) is 13.8 Å². The van der Waals surface area contributed by atoms with Crippen molar-refractivity contribution in [1.29, 1.82) is 0 Å². The predicted octanol–water partition coefficient (Wildman–Crippen LogP) is 0.994. The molecule has 1 aliphatic rings. The van der Waals surface area contributed by atoms with Gasteiger partial charge in [0.05, 0.1) is 6.10 Å². The van der Waals surface area contributed by atoms with Crippen molar-refractivity contribution in [2.75, 3.05) is 19.6 Å². The fraction of sp³-hybridized carbons (Fsp3) is 0.846. The van der Waals surface area contributed by atoms with Gasteiger partial charge in [-0.05, 0) is 25.7 Å². The molecule has 0 spiro atoms. The number of carbonyl (C=O) groups excluding carboxylic acids is 1. The van der Waals surface area contributed by atoms with E-state index in [2.05, 4.69) is 0 Å². The Morgan fingerprint density at radius 1 is 1.47 bits per heavy atom. The lowest BCUT2D eigenvalue weighted by atomic mass is 9.96. The summed E-state index contributed by atoms with van der Waals surface area (Å²) in [5, 5.41) is 18.7. The number of aliphatic hydroxyl groups is 1. The van der Waals surface area contributed by atoms with Crippen molar-refractivity contribution in [1.82, 2.24) is 9.80 Å². The zero-order valence-electron chi connectivity index (χ0n) is 11.9. The topological polar surface area (TPSA) is 81.1 Å². The monoisotopic (exact) mass is 272 g/mol. The highest BCUT2D eigenvalue weighted by Gasteiger charge is 2.32. The van der Waals surface area contributed by atoms with Crippen molar-refractivity contribution in [3.8, 4) is 0 Å². The van der Waals surface area contributed by atoms with Gasteiger partial charge in [0.25, 0.3) is 0 Å². The van der Waals surface area contributed by atoms with Gasteiger partial charge in [0.1, 0.15) is 6.54 Å². The molecular formula is C13H24N2O4. The number of amides is 2. The SMILES string of the molecule is CCC(C)N(CC(=O)O)C(=O)N1CCC(C)C(O)C1. The molecule has 3 unspecified atom stereocenters. The molecule has 0 bridgehead atoms. The van der Waals surface area contributed by atoms with Crippen LogP contribution in [0, 0.1) is 5.92 Å². The molecule has 1 rings (SSSR count). The van der Waals surface area contributed by atoms with Gasteiger partial charge in [0, 0.05) is 19.1 Å². The van der Waals surface area contributed by atoms with Gasteiger partial charge in [-0.3, -0.25) is 4.79 Å². The summed E-state index contributed by atoms with van der Waals surface area (Å²) in [7, 11) is 0. The number of carbonyl (C=O) groups is 2. The summed E-state index contributed by atoms with van der Waals surface area (Å²) in [6, 6.07) is -0.414. The number of urea groups is 1. The number of hydrogen-bond acceptors (Lipinski definition) is 3. The van der Waals surface area contributed by atoms with Crippen LogP contribution < -0.4 is 0 Å². The van der Waals surface area contributed by atoms with Crippen LogP contribution in [0.4, 0.5) is 4.79 Å². The molecule has 6 nitrogen and oxygen atoms in total. The number of carboxylic acids is 1. The fourth-order valence-corrected chi connectivity index (χ4v) is 2.18. The maximum absolute atomic E-state index is 12.4. The van der Waals surface area contributed by atoms with E-state index in [0.29, 0.717) is 13.0 Å². The minimum atomic E-state index is -1.01. The minimum Gasteiger partial charge on any atom is -0.480 e. The van der Waals surface area contributed by atoms with Gasteiger partial charge < -0.3 is 20.0 Å². The summed E-state index contributed by atoms with van der Waals surface area (Å²) in [6.45, 7) is 6.27. The average Bonchev–Trinajstić information content (AvgIpc) is 2.37. The van der Waals surface area contributed by atoms with E-state index in [-0.39, 0.29) is 31.1 Å². The summed E-state index contributed by atoms with van der Waals surface area (Å²) in [5.41, 5.74) is 0. The lowest BCUT2D eigenvalue weighted by Crippen LogP contribution is -2.54. The van der Waals surface area contributed by atoms with E-state index >= 15 is 0 Å². The Bertz CT molecular complexity index is 335. The van der Waals surface area contributed by atoms with Crippen LogP contribution in [-0.4, -0.2) is 63.8 Å². The van der Waals surface area contributed by atoms with E-state index in [0.717, 1.165) is 6.42 Å². The van der Waals surface area contributed by atoms with Crippen molar-refractivity contribution in [2.24, 2.45) is 5.92 Å². The molecule has 0 aliphatic carbocycles. The number of piperidine rings is 1. The first-order chi connectivity index (χ1) is 8.86. The molecule has 1 heterocycles. The van der Waals surface area contributed by atoms with Crippen LogP contribution in [0.5, 0.6) is 0 Å². The summed E-state index contributed by atoms with van der Waals surface area (Å²) < 4.78 is 0. The van der Waals surface area contributed by atoms with Crippen LogP contribution in [0.3, 0.4) is 0 Å². The summed E-state index contributed by atoms with van der Waals surface area (Å²) >= 11 is 0. The molecule has 2 N–H and O–H groups in total. The standard InChI is InChI=1S/C13H24N2O4/c1-4-10(3)15(8-12(17)18)13(19)14-6-5-9(2)11(16)7-14/h9-11,16H,4-8H2,1-3H3,(H,17,18). The molecule has 1 aliphatic heterocycles. The maximum atomic E-state index is 12.4. The minimum absolute atomic E-state index is 0.125. The summed E-state index contributed by atoms with van der Waals surface area (Å²) in [6.07, 6.45) is 0.918. The molecule has 110 valence electrons. The number of aliphatic hydroxyl groups excluding tert-OH is 1. The van der Waals surface area contributed by atoms with Crippen molar-refractivity contribution in [3.63, 3.8) is 0 Å². The van der Waals surface area contributed by atoms with Crippen molar-refractivity contribution >= 4 is 12.0 Å². The second-order valence-corrected chi connectivity index (χ2v) is 5.34. The van der Waals surface area contributed by atoms with Crippen LogP contribution in [0.2, 0.25) is 0 Å². The first-order valence-electron chi connectivity index (χ1n) is 6.82. The molecule has 2 amide bonds. The molecule has 0 saturated carbocycles. The van der Waals surface area contributed by atoms with E-state index in [1.54, 1.807) is 4.90 Å². The number of β-amino-alcohol motifs (C(OH)–C–C–N with tert-alkyl or cyclic N) is 1. The van der Waals surface area contributed by atoms with Gasteiger partial charge in [-0.2, -0.15) is 0 Å². The molecule has 0 radical (unpaired) electrons. The highest BCUT2D eigenvalue weighted by Crippen LogP contribution is 2.19. The Morgan fingerprint density at radius 2 is 2.11 bits per heavy atom. The molecule has 3 atom stereocenters. The average molecular weight is 272 g/mol. The first-order valence-corrected chi connectivity index (χ1v) is 6.82. The lowest BCUT2D eigenvalue weighted by Gasteiger charge is -2.38. The van der Waals surface area contributed by atoms with E-state index in [1.165, 1.54) is 4.90 Å². The third kappa shape index (κ3) is 4.09. The zero-order valence-corrected chi connectivity index (χ0v) is 11.9. The van der Waals surface area contributed by atoms with Crippen molar-refractivity contribution in [2.45, 2.75) is 45.8 Å². The number of carboxylic acid groups (broad SMARTS) is 1. The van der Waals surface area contributed by atoms with Gasteiger partial charge in [-0.15, -0.1) is 0 Å². The van der Waals surface area contributed by atoms with E-state index < -0.39 is 12.1 Å². The Morgan fingerprint density at radius 3 is 2.58 bits per heavy atom. The van der Waals surface area contributed by atoms with Gasteiger partial charge in [0.15, 0.2) is 0 Å². The molecule has 1 fully saturated rings. The first kappa shape index (κ1) is 15.8. The molecule has 0 aromatic carbocycles. The second kappa shape index (κ2) is 6.75. The number of aliphatic carboxylic acids is 1. The van der Waals surface area contributed by atoms with E-state index in [4.69, 9.17) is 5.11 Å². The Balaban J connectivity index is 2.73. The van der Waals surface area contributed by atoms with Crippen LogP contribution in [0.25, 0.3) is 0 Å². The summed E-state index contributed by atoms with van der Waals surface area (Å²) in [4.78, 5) is 26.2. The third-order valence-corrected chi connectivity index (χ3v) is 3.86. The fourth-order valence-electron chi connectivity index (χ4n) is 2.18. The van der Waals surface area contributed by atoms with Gasteiger partial charge in [-0.25, -0.2) is 4.79 Å². The van der Waals surface area contributed by atoms with Crippen LogP contribution in [0.15, 0.2) is 0 Å². The Kier molecular flexibility index (Phi) is 5.60. The second-order valence-electron chi connectivity index (χ2n) is 5.34. The Hall–Kier alpha value is -1.30. The quantitative estimate of drug-likeness (QED) is 0.800. The number of hydrogen-bond donors (Lipinski definition) is 2. The largest absolute Gasteiger partial charge is 0.480 e. The highest BCUT2D eigenvalue weighted by atomic mass is 16.4. The molecule has 19 heavy (non-hydrogen) atoms.